The third kappa shape index (κ3) is 3.75. The zero-order valence-electron chi connectivity index (χ0n) is 16.7. The zero-order chi connectivity index (χ0) is 20.5. The van der Waals surface area contributed by atoms with Crippen molar-refractivity contribution in [3.05, 3.63) is 59.4 Å². The van der Waals surface area contributed by atoms with E-state index in [9.17, 15) is 14.0 Å². The van der Waals surface area contributed by atoms with Gasteiger partial charge in [-0.3, -0.25) is 4.79 Å². The van der Waals surface area contributed by atoms with Gasteiger partial charge in [-0.05, 0) is 60.3 Å². The van der Waals surface area contributed by atoms with E-state index in [1.165, 1.54) is 17.2 Å². The lowest BCUT2D eigenvalue weighted by atomic mass is 10.0. The normalized spacial score (nSPS) is 25.0. The predicted molar refractivity (Wildman–Crippen MR) is 104 cm³/mol. The van der Waals surface area contributed by atoms with Gasteiger partial charge in [0.15, 0.2) is 0 Å². The molecule has 28 heavy (non-hydrogen) atoms. The van der Waals surface area contributed by atoms with Crippen molar-refractivity contribution in [1.82, 2.24) is 0 Å². The highest BCUT2D eigenvalue weighted by atomic mass is 19.1. The van der Waals surface area contributed by atoms with E-state index in [4.69, 9.17) is 4.74 Å². The molecule has 4 nitrogen and oxygen atoms in total. The van der Waals surface area contributed by atoms with Crippen LogP contribution >= 0.6 is 0 Å². The number of esters is 2. The van der Waals surface area contributed by atoms with E-state index in [1.807, 2.05) is 32.1 Å². The average molecular weight is 386 g/mol. The number of carbonyl (C=O) groups excluding carboxylic acids is 2. The van der Waals surface area contributed by atoms with Gasteiger partial charge in [0.05, 0.1) is 12.5 Å². The molecular weight excluding hydrogens is 359 g/mol. The number of hydrogen-bond acceptors (Lipinski definition) is 4. The molecule has 3 rings (SSSR count). The summed E-state index contributed by atoms with van der Waals surface area (Å²) in [6.45, 7) is 9.28. The van der Waals surface area contributed by atoms with Gasteiger partial charge in [0, 0.05) is 0 Å². The average Bonchev–Trinajstić information content (AvgIpc) is 2.98. The smallest absolute Gasteiger partial charge is 0.366 e. The number of hydrogen-bond donors (Lipinski definition) is 0. The molecule has 0 bridgehead atoms. The minimum absolute atomic E-state index is 0.106. The first-order chi connectivity index (χ1) is 13.3. The summed E-state index contributed by atoms with van der Waals surface area (Å²) in [4.78, 5) is 24.3. The third-order valence-electron chi connectivity index (χ3n) is 5.90. The molecule has 1 saturated carbocycles. The highest BCUT2D eigenvalue weighted by Gasteiger charge is 2.62. The van der Waals surface area contributed by atoms with E-state index in [0.29, 0.717) is 0 Å². The molecule has 0 aliphatic heterocycles. The van der Waals surface area contributed by atoms with Crippen molar-refractivity contribution >= 4 is 11.9 Å². The highest BCUT2D eigenvalue weighted by Crippen LogP contribution is 2.60. The molecule has 0 amide bonds. The van der Waals surface area contributed by atoms with Crippen molar-refractivity contribution in [1.29, 1.82) is 0 Å². The molecule has 2 aliphatic carbocycles. The van der Waals surface area contributed by atoms with Gasteiger partial charge in [0.1, 0.15) is 6.10 Å². The molecule has 1 aromatic carbocycles. The van der Waals surface area contributed by atoms with Crippen LogP contribution in [0.15, 0.2) is 42.8 Å². The summed E-state index contributed by atoms with van der Waals surface area (Å²) in [6, 6.07) is 6.06. The molecular formula is C23H27FO4. The Morgan fingerprint density at radius 2 is 2.11 bits per heavy atom. The fourth-order valence-electron chi connectivity index (χ4n) is 4.24. The predicted octanol–water partition coefficient (Wildman–Crippen LogP) is 4.63. The van der Waals surface area contributed by atoms with E-state index in [0.717, 1.165) is 24.8 Å². The number of benzene rings is 1. The molecule has 2 aliphatic rings. The van der Waals surface area contributed by atoms with Gasteiger partial charge in [-0.2, -0.15) is 4.39 Å². The first-order valence-electron chi connectivity index (χ1n) is 9.77. The van der Waals surface area contributed by atoms with Gasteiger partial charge in [0.25, 0.3) is 0 Å². The van der Waals surface area contributed by atoms with E-state index < -0.39 is 23.1 Å². The third-order valence-corrected chi connectivity index (χ3v) is 5.90. The van der Waals surface area contributed by atoms with Crippen LogP contribution in [0.5, 0.6) is 0 Å². The SMILES string of the molecule is C=CCc1cccc2c1CC[C@@H]2OC(=O)[C@@H]1[C@H](/C=C(/F)C(=O)OCC)C1(C)C. The molecule has 0 saturated heterocycles. The number of carbonyl (C=O) groups is 2. The molecule has 0 spiro atoms. The highest BCUT2D eigenvalue weighted by molar-refractivity contribution is 5.87. The quantitative estimate of drug-likeness (QED) is 0.389. The summed E-state index contributed by atoms with van der Waals surface area (Å²) >= 11 is 0. The second-order valence-corrected chi connectivity index (χ2v) is 8.00. The lowest BCUT2D eigenvalue weighted by molar-refractivity contribution is -0.152. The van der Waals surface area contributed by atoms with Crippen LogP contribution in [-0.4, -0.2) is 18.5 Å². The molecule has 1 fully saturated rings. The van der Waals surface area contributed by atoms with Gasteiger partial charge in [-0.25, -0.2) is 4.79 Å². The van der Waals surface area contributed by atoms with Crippen LogP contribution in [0, 0.1) is 17.3 Å². The van der Waals surface area contributed by atoms with Crippen LogP contribution in [0.1, 0.15) is 50.0 Å². The molecule has 1 aromatic rings. The summed E-state index contributed by atoms with van der Waals surface area (Å²) < 4.78 is 24.5. The Morgan fingerprint density at radius 1 is 1.36 bits per heavy atom. The van der Waals surface area contributed by atoms with Crippen LogP contribution in [0.25, 0.3) is 0 Å². The lowest BCUT2D eigenvalue weighted by Crippen LogP contribution is -2.14. The van der Waals surface area contributed by atoms with Gasteiger partial charge >= 0.3 is 11.9 Å². The van der Waals surface area contributed by atoms with Gasteiger partial charge in [-0.1, -0.05) is 38.1 Å². The second kappa shape index (κ2) is 7.90. The molecule has 0 aromatic heterocycles. The molecule has 0 unspecified atom stereocenters. The fraction of sp³-hybridized carbons (Fsp3) is 0.478. The Hall–Kier alpha value is -2.43. The van der Waals surface area contributed by atoms with E-state index in [-0.39, 0.29) is 24.6 Å². The summed E-state index contributed by atoms with van der Waals surface area (Å²) in [5.41, 5.74) is 3.05. The number of halogens is 1. The lowest BCUT2D eigenvalue weighted by Gasteiger charge is -2.15. The first-order valence-corrected chi connectivity index (χ1v) is 9.77. The molecule has 0 heterocycles. The fourth-order valence-corrected chi connectivity index (χ4v) is 4.24. The summed E-state index contributed by atoms with van der Waals surface area (Å²) in [7, 11) is 0. The maximum absolute atomic E-state index is 14.0. The van der Waals surface area contributed by atoms with Crippen LogP contribution in [0.4, 0.5) is 4.39 Å². The van der Waals surface area contributed by atoms with Crippen molar-refractivity contribution in [2.24, 2.45) is 17.3 Å². The van der Waals surface area contributed by atoms with Crippen molar-refractivity contribution in [2.75, 3.05) is 6.61 Å². The van der Waals surface area contributed by atoms with E-state index in [2.05, 4.69) is 17.4 Å². The Labute approximate surface area is 165 Å². The van der Waals surface area contributed by atoms with Gasteiger partial charge in [0.2, 0.25) is 5.83 Å². The number of ether oxygens (including phenoxy) is 2. The van der Waals surface area contributed by atoms with Crippen molar-refractivity contribution in [3.63, 3.8) is 0 Å². The summed E-state index contributed by atoms with van der Waals surface area (Å²) in [5, 5.41) is 0. The molecule has 0 N–H and O–H groups in total. The monoisotopic (exact) mass is 386 g/mol. The number of allylic oxidation sites excluding steroid dienone is 2. The van der Waals surface area contributed by atoms with Crippen LogP contribution in [0.3, 0.4) is 0 Å². The van der Waals surface area contributed by atoms with Gasteiger partial charge < -0.3 is 9.47 Å². The van der Waals surface area contributed by atoms with E-state index in [1.54, 1.807) is 6.92 Å². The minimum Gasteiger partial charge on any atom is -0.461 e. The standard InChI is InChI=1S/C23H27FO4/c1-5-8-14-9-7-10-16-15(14)11-12-19(16)28-22(26)20-17(23(20,3)4)13-18(24)21(25)27-6-2/h5,7,9-10,13,17,19-20H,1,6,8,11-12H2,2-4H3/b18-13+/t17-,19-,20-/m0/s1. The van der Waals surface area contributed by atoms with E-state index >= 15 is 0 Å². The largest absolute Gasteiger partial charge is 0.461 e. The Balaban J connectivity index is 1.70. The van der Waals surface area contributed by atoms with Crippen molar-refractivity contribution in [2.45, 2.75) is 46.1 Å². The molecule has 150 valence electrons. The summed E-state index contributed by atoms with van der Waals surface area (Å²) in [5.74, 6) is -3.12. The maximum Gasteiger partial charge on any atom is 0.366 e. The zero-order valence-corrected chi connectivity index (χ0v) is 16.7. The Bertz CT molecular complexity index is 824. The van der Waals surface area contributed by atoms with Crippen LogP contribution in [0.2, 0.25) is 0 Å². The topological polar surface area (TPSA) is 52.6 Å². The van der Waals surface area contributed by atoms with Crippen molar-refractivity contribution < 1.29 is 23.5 Å². The Kier molecular flexibility index (Phi) is 5.73. The van der Waals surface area contributed by atoms with Crippen LogP contribution < -0.4 is 0 Å². The molecule has 3 atom stereocenters. The molecule has 5 heteroatoms. The maximum atomic E-state index is 14.0. The first kappa shape index (κ1) is 20.3. The Morgan fingerprint density at radius 3 is 2.79 bits per heavy atom. The number of fused-ring (bicyclic) bond motifs is 1. The molecule has 0 radical (unpaired) electrons. The van der Waals surface area contributed by atoms with Gasteiger partial charge in [-0.15, -0.1) is 6.58 Å². The number of rotatable bonds is 7. The minimum atomic E-state index is -0.989. The second-order valence-electron chi connectivity index (χ2n) is 8.00. The summed E-state index contributed by atoms with van der Waals surface area (Å²) in [6.07, 6.45) is 5.21. The van der Waals surface area contributed by atoms with Crippen molar-refractivity contribution in [3.8, 4) is 0 Å². The van der Waals surface area contributed by atoms with Crippen LogP contribution in [-0.2, 0) is 31.9 Å².